The highest BCUT2D eigenvalue weighted by Gasteiger charge is 2.22. The summed E-state index contributed by atoms with van der Waals surface area (Å²) in [6, 6.07) is 8.34. The molecule has 1 saturated carbocycles. The number of hydrogen-bond acceptors (Lipinski definition) is 1. The van der Waals surface area contributed by atoms with Crippen molar-refractivity contribution in [3.05, 3.63) is 35.4 Å². The van der Waals surface area contributed by atoms with Crippen molar-refractivity contribution in [1.29, 1.82) is 0 Å². The molecule has 0 aliphatic heterocycles. The zero-order chi connectivity index (χ0) is 10.7. The molecular weight excluding hydrogens is 184 g/mol. The molecule has 0 spiro atoms. The van der Waals surface area contributed by atoms with Crippen molar-refractivity contribution < 1.29 is 5.11 Å². The van der Waals surface area contributed by atoms with Gasteiger partial charge in [0.15, 0.2) is 0 Å². The predicted molar refractivity (Wildman–Crippen MR) is 62.8 cm³/mol. The lowest BCUT2D eigenvalue weighted by atomic mass is 9.99. The van der Waals surface area contributed by atoms with Crippen molar-refractivity contribution in [2.75, 3.05) is 0 Å². The number of aliphatic hydroxyl groups is 1. The molecule has 1 unspecified atom stereocenters. The smallest absolute Gasteiger partial charge is 0.0580 e. The summed E-state index contributed by atoms with van der Waals surface area (Å²) in [5.41, 5.74) is 2.59. The van der Waals surface area contributed by atoms with Crippen LogP contribution in [0.3, 0.4) is 0 Å². The van der Waals surface area contributed by atoms with Gasteiger partial charge in [-0.3, -0.25) is 0 Å². The summed E-state index contributed by atoms with van der Waals surface area (Å²) in [5, 5.41) is 9.90. The maximum absolute atomic E-state index is 9.90. The van der Waals surface area contributed by atoms with Crippen LogP contribution in [-0.4, -0.2) is 11.2 Å². The van der Waals surface area contributed by atoms with Crippen molar-refractivity contribution >= 4 is 0 Å². The van der Waals surface area contributed by atoms with Gasteiger partial charge in [-0.2, -0.15) is 0 Å². The molecule has 1 heteroatoms. The first-order valence-electron chi connectivity index (χ1n) is 5.98. The van der Waals surface area contributed by atoms with Crippen LogP contribution in [0.4, 0.5) is 0 Å². The van der Waals surface area contributed by atoms with Crippen LogP contribution in [0.25, 0.3) is 0 Å². The van der Waals surface area contributed by atoms with Gasteiger partial charge in [-0.1, -0.05) is 37.1 Å². The molecule has 1 nitrogen and oxygen atoms in total. The quantitative estimate of drug-likeness (QED) is 0.781. The van der Waals surface area contributed by atoms with Gasteiger partial charge in [-0.25, -0.2) is 0 Å². The van der Waals surface area contributed by atoms with Gasteiger partial charge >= 0.3 is 0 Å². The second kappa shape index (κ2) is 4.80. The second-order valence-corrected chi connectivity index (χ2v) is 4.81. The van der Waals surface area contributed by atoms with Crippen LogP contribution in [-0.2, 0) is 6.42 Å². The average Bonchev–Trinajstić information content (AvgIpc) is 3.02. The van der Waals surface area contributed by atoms with Gasteiger partial charge in [0.1, 0.15) is 0 Å². The van der Waals surface area contributed by atoms with E-state index in [-0.39, 0.29) is 6.10 Å². The van der Waals surface area contributed by atoms with Gasteiger partial charge in [-0.05, 0) is 43.2 Å². The standard InChI is InChI=1S/C14H20O/c1-11-4-2-3-5-13(11)10-14(15)9-8-12-6-7-12/h2-5,12,14-15H,6-10H2,1H3. The first-order valence-corrected chi connectivity index (χ1v) is 5.98. The summed E-state index contributed by atoms with van der Waals surface area (Å²) in [7, 11) is 0. The molecule has 15 heavy (non-hydrogen) atoms. The molecule has 1 aliphatic carbocycles. The van der Waals surface area contributed by atoms with Crippen LogP contribution < -0.4 is 0 Å². The Kier molecular flexibility index (Phi) is 3.42. The minimum absolute atomic E-state index is 0.147. The first-order chi connectivity index (χ1) is 7.25. The van der Waals surface area contributed by atoms with Gasteiger partial charge in [0, 0.05) is 0 Å². The lowest BCUT2D eigenvalue weighted by Gasteiger charge is -2.11. The lowest BCUT2D eigenvalue weighted by Crippen LogP contribution is -2.11. The van der Waals surface area contributed by atoms with Crippen LogP contribution in [0, 0.1) is 12.8 Å². The Morgan fingerprint density at radius 1 is 1.33 bits per heavy atom. The Hall–Kier alpha value is -0.820. The molecule has 0 radical (unpaired) electrons. The highest BCUT2D eigenvalue weighted by Crippen LogP contribution is 2.34. The van der Waals surface area contributed by atoms with E-state index in [1.807, 2.05) is 0 Å². The van der Waals surface area contributed by atoms with E-state index in [0.29, 0.717) is 0 Å². The SMILES string of the molecule is Cc1ccccc1CC(O)CCC1CC1. The van der Waals surface area contributed by atoms with Crippen LogP contribution in [0.5, 0.6) is 0 Å². The van der Waals surface area contributed by atoms with Crippen LogP contribution in [0.1, 0.15) is 36.8 Å². The molecule has 1 aliphatic rings. The Labute approximate surface area is 92.1 Å². The van der Waals surface area contributed by atoms with Gasteiger partial charge < -0.3 is 5.11 Å². The molecule has 1 fully saturated rings. The van der Waals surface area contributed by atoms with Crippen molar-refractivity contribution in [2.45, 2.75) is 45.1 Å². The molecule has 0 bridgehead atoms. The topological polar surface area (TPSA) is 20.2 Å². The third-order valence-electron chi connectivity index (χ3n) is 3.32. The Bertz CT molecular complexity index is 315. The third kappa shape index (κ3) is 3.35. The van der Waals surface area contributed by atoms with E-state index in [0.717, 1.165) is 18.8 Å². The van der Waals surface area contributed by atoms with Crippen LogP contribution in [0.2, 0.25) is 0 Å². The van der Waals surface area contributed by atoms with Crippen molar-refractivity contribution in [1.82, 2.24) is 0 Å². The van der Waals surface area contributed by atoms with Gasteiger partial charge in [0.2, 0.25) is 0 Å². The first kappa shape index (κ1) is 10.7. The number of benzene rings is 1. The molecule has 1 aromatic rings. The molecule has 0 aromatic heterocycles. The zero-order valence-corrected chi connectivity index (χ0v) is 9.45. The fourth-order valence-electron chi connectivity index (χ4n) is 2.03. The number of hydrogen-bond donors (Lipinski definition) is 1. The lowest BCUT2D eigenvalue weighted by molar-refractivity contribution is 0.159. The molecule has 0 amide bonds. The Balaban J connectivity index is 1.81. The molecule has 82 valence electrons. The van der Waals surface area contributed by atoms with Gasteiger partial charge in [0.25, 0.3) is 0 Å². The normalized spacial score (nSPS) is 17.7. The Morgan fingerprint density at radius 2 is 2.07 bits per heavy atom. The van der Waals surface area contributed by atoms with E-state index in [9.17, 15) is 5.11 Å². The largest absolute Gasteiger partial charge is 0.393 e. The second-order valence-electron chi connectivity index (χ2n) is 4.81. The molecule has 1 aromatic carbocycles. The number of aliphatic hydroxyl groups excluding tert-OH is 1. The third-order valence-corrected chi connectivity index (χ3v) is 3.32. The molecule has 0 saturated heterocycles. The highest BCUT2D eigenvalue weighted by molar-refractivity contribution is 5.26. The van der Waals surface area contributed by atoms with Gasteiger partial charge in [0.05, 0.1) is 6.10 Å². The summed E-state index contributed by atoms with van der Waals surface area (Å²) >= 11 is 0. The summed E-state index contributed by atoms with van der Waals surface area (Å²) in [6.45, 7) is 2.11. The minimum atomic E-state index is -0.147. The van der Waals surface area contributed by atoms with Gasteiger partial charge in [-0.15, -0.1) is 0 Å². The fraction of sp³-hybridized carbons (Fsp3) is 0.571. The molecule has 1 N–H and O–H groups in total. The summed E-state index contributed by atoms with van der Waals surface area (Å²) in [4.78, 5) is 0. The minimum Gasteiger partial charge on any atom is -0.393 e. The predicted octanol–water partition coefficient (Wildman–Crippen LogP) is 3.09. The van der Waals surface area contributed by atoms with Crippen LogP contribution >= 0.6 is 0 Å². The van der Waals surface area contributed by atoms with E-state index in [2.05, 4.69) is 31.2 Å². The highest BCUT2D eigenvalue weighted by atomic mass is 16.3. The zero-order valence-electron chi connectivity index (χ0n) is 9.45. The van der Waals surface area contributed by atoms with Crippen LogP contribution in [0.15, 0.2) is 24.3 Å². The van der Waals surface area contributed by atoms with E-state index < -0.39 is 0 Å². The fourth-order valence-corrected chi connectivity index (χ4v) is 2.03. The summed E-state index contributed by atoms with van der Waals surface area (Å²) in [5.74, 6) is 0.927. The molecular formula is C14H20O. The van der Waals surface area contributed by atoms with E-state index in [1.54, 1.807) is 0 Å². The Morgan fingerprint density at radius 3 is 2.73 bits per heavy atom. The maximum Gasteiger partial charge on any atom is 0.0580 e. The van der Waals surface area contributed by atoms with E-state index >= 15 is 0 Å². The number of rotatable bonds is 5. The van der Waals surface area contributed by atoms with Crippen molar-refractivity contribution in [3.8, 4) is 0 Å². The van der Waals surface area contributed by atoms with Crippen molar-refractivity contribution in [3.63, 3.8) is 0 Å². The van der Waals surface area contributed by atoms with E-state index in [1.165, 1.54) is 30.4 Å². The van der Waals surface area contributed by atoms with Crippen molar-refractivity contribution in [2.24, 2.45) is 5.92 Å². The maximum atomic E-state index is 9.90. The average molecular weight is 204 g/mol. The molecule has 0 heterocycles. The monoisotopic (exact) mass is 204 g/mol. The summed E-state index contributed by atoms with van der Waals surface area (Å²) < 4.78 is 0. The molecule has 1 atom stereocenters. The molecule has 2 rings (SSSR count). The summed E-state index contributed by atoms with van der Waals surface area (Å²) in [6.07, 6.45) is 5.63. The number of aryl methyl sites for hydroxylation is 1. The van der Waals surface area contributed by atoms with E-state index in [4.69, 9.17) is 0 Å².